The molecule has 0 radical (unpaired) electrons. The highest BCUT2D eigenvalue weighted by molar-refractivity contribution is 5.66. The molecule has 0 unspecified atom stereocenters. The number of pyridine rings is 1. The van der Waals surface area contributed by atoms with Crippen LogP contribution in [0.15, 0.2) is 70.1 Å². The van der Waals surface area contributed by atoms with E-state index in [9.17, 15) is 10.1 Å². The van der Waals surface area contributed by atoms with Gasteiger partial charge in [0.2, 0.25) is 0 Å². The van der Waals surface area contributed by atoms with Gasteiger partial charge >= 0.3 is 0 Å². The predicted molar refractivity (Wildman–Crippen MR) is 127 cm³/mol. The summed E-state index contributed by atoms with van der Waals surface area (Å²) < 4.78 is 12.9. The molecule has 0 saturated heterocycles. The molecule has 7 nitrogen and oxygen atoms in total. The van der Waals surface area contributed by atoms with Gasteiger partial charge in [-0.15, -0.1) is 0 Å². The standard InChI is InChI=1S/C26H24N4O3/c1-4-32-16-19-7-6-18(3)22(11-19)29-26-28-14-24(33-26)20-8-9-21(13-27)23(12-20)30-15-17(2)5-10-25(30)31/h5-12,14-15H,4,16H2,1-3H3,(H,28,29). The van der Waals surface area contributed by atoms with Crippen LogP contribution < -0.4 is 10.9 Å². The Morgan fingerprint density at radius 3 is 2.79 bits per heavy atom. The van der Waals surface area contributed by atoms with Gasteiger partial charge < -0.3 is 14.5 Å². The molecule has 1 N–H and O–H groups in total. The highest BCUT2D eigenvalue weighted by Gasteiger charge is 2.13. The number of benzene rings is 2. The predicted octanol–water partition coefficient (Wildman–Crippen LogP) is 5.26. The van der Waals surface area contributed by atoms with Crippen LogP contribution in [0.25, 0.3) is 17.0 Å². The van der Waals surface area contributed by atoms with Gasteiger partial charge in [-0.05, 0) is 61.7 Å². The van der Waals surface area contributed by atoms with Crippen molar-refractivity contribution in [1.82, 2.24) is 9.55 Å². The number of aromatic nitrogens is 2. The number of nitrogens with one attached hydrogen (secondary N) is 1. The zero-order valence-electron chi connectivity index (χ0n) is 18.8. The number of aryl methyl sites for hydroxylation is 2. The Bertz CT molecular complexity index is 1400. The summed E-state index contributed by atoms with van der Waals surface area (Å²) in [7, 11) is 0. The normalized spacial score (nSPS) is 10.7. The summed E-state index contributed by atoms with van der Waals surface area (Å²) in [5.74, 6) is 0.520. The fraction of sp³-hybridized carbons (Fsp3) is 0.192. The van der Waals surface area contributed by atoms with Gasteiger partial charge in [-0.3, -0.25) is 9.36 Å². The third-order valence-corrected chi connectivity index (χ3v) is 5.24. The second-order valence-electron chi connectivity index (χ2n) is 7.70. The molecule has 0 amide bonds. The van der Waals surface area contributed by atoms with Crippen molar-refractivity contribution in [3.63, 3.8) is 0 Å². The summed E-state index contributed by atoms with van der Waals surface area (Å²) in [5, 5.41) is 12.8. The van der Waals surface area contributed by atoms with Gasteiger partial charge in [0.25, 0.3) is 11.6 Å². The van der Waals surface area contributed by atoms with Crippen LogP contribution in [0.2, 0.25) is 0 Å². The lowest BCUT2D eigenvalue weighted by atomic mass is 10.1. The van der Waals surface area contributed by atoms with Crippen LogP contribution >= 0.6 is 0 Å². The van der Waals surface area contributed by atoms with Crippen molar-refractivity contribution in [2.75, 3.05) is 11.9 Å². The lowest BCUT2D eigenvalue weighted by Gasteiger charge is -2.10. The topological polar surface area (TPSA) is 93.1 Å². The molecule has 0 fully saturated rings. The molecule has 0 aliphatic rings. The molecule has 0 atom stereocenters. The summed E-state index contributed by atoms with van der Waals surface area (Å²) in [5.41, 5.74) is 5.28. The summed E-state index contributed by atoms with van der Waals surface area (Å²) in [6, 6.07) is 17.0. The zero-order valence-corrected chi connectivity index (χ0v) is 18.8. The highest BCUT2D eigenvalue weighted by Crippen LogP contribution is 2.28. The van der Waals surface area contributed by atoms with Gasteiger partial charge in [0, 0.05) is 30.1 Å². The Morgan fingerprint density at radius 1 is 1.15 bits per heavy atom. The molecule has 4 rings (SSSR count). The second kappa shape index (κ2) is 9.55. The van der Waals surface area contributed by atoms with E-state index in [4.69, 9.17) is 9.15 Å². The van der Waals surface area contributed by atoms with E-state index >= 15 is 0 Å². The number of ether oxygens (including phenoxy) is 1. The maximum Gasteiger partial charge on any atom is 0.299 e. The molecule has 0 saturated carbocycles. The first kappa shape index (κ1) is 22.1. The van der Waals surface area contributed by atoms with Crippen molar-refractivity contribution in [3.8, 4) is 23.1 Å². The molecule has 0 aliphatic carbocycles. The molecule has 2 aromatic carbocycles. The number of nitriles is 1. The summed E-state index contributed by atoms with van der Waals surface area (Å²) >= 11 is 0. The lowest BCUT2D eigenvalue weighted by Crippen LogP contribution is -2.17. The third kappa shape index (κ3) is 4.86. The average molecular weight is 441 g/mol. The summed E-state index contributed by atoms with van der Waals surface area (Å²) in [4.78, 5) is 16.8. The van der Waals surface area contributed by atoms with Gasteiger partial charge in [-0.2, -0.15) is 5.26 Å². The van der Waals surface area contributed by atoms with Crippen LogP contribution in [0.3, 0.4) is 0 Å². The first-order chi connectivity index (χ1) is 16.0. The van der Waals surface area contributed by atoms with Crippen molar-refractivity contribution in [2.24, 2.45) is 0 Å². The van der Waals surface area contributed by atoms with Crippen molar-refractivity contribution in [2.45, 2.75) is 27.4 Å². The second-order valence-corrected chi connectivity index (χ2v) is 7.70. The largest absolute Gasteiger partial charge is 0.423 e. The minimum absolute atomic E-state index is 0.211. The lowest BCUT2D eigenvalue weighted by molar-refractivity contribution is 0.134. The first-order valence-corrected chi connectivity index (χ1v) is 10.6. The average Bonchev–Trinajstić information content (AvgIpc) is 3.29. The van der Waals surface area contributed by atoms with E-state index < -0.39 is 0 Å². The number of oxazole rings is 1. The molecular weight excluding hydrogens is 416 g/mol. The van der Waals surface area contributed by atoms with E-state index in [0.29, 0.717) is 41.8 Å². The Kier molecular flexibility index (Phi) is 6.38. The van der Waals surface area contributed by atoms with E-state index in [1.165, 1.54) is 10.6 Å². The first-order valence-electron chi connectivity index (χ1n) is 10.6. The van der Waals surface area contributed by atoms with E-state index in [1.807, 2.05) is 39.0 Å². The summed E-state index contributed by atoms with van der Waals surface area (Å²) in [6.07, 6.45) is 3.33. The molecule has 2 aromatic heterocycles. The Labute approximate surface area is 191 Å². The monoisotopic (exact) mass is 440 g/mol. The van der Waals surface area contributed by atoms with Crippen LogP contribution in [0.5, 0.6) is 0 Å². The van der Waals surface area contributed by atoms with Gasteiger partial charge in [0.1, 0.15) is 6.07 Å². The number of rotatable bonds is 7. The maximum absolute atomic E-state index is 12.4. The van der Waals surface area contributed by atoms with Crippen molar-refractivity contribution in [3.05, 3.63) is 93.5 Å². The highest BCUT2D eigenvalue weighted by atomic mass is 16.5. The van der Waals surface area contributed by atoms with E-state index in [1.54, 1.807) is 36.7 Å². The van der Waals surface area contributed by atoms with Crippen LogP contribution in [0.4, 0.5) is 11.7 Å². The Morgan fingerprint density at radius 2 is 2.00 bits per heavy atom. The SMILES string of the molecule is CCOCc1ccc(C)c(Nc2ncc(-c3ccc(C#N)c(-n4cc(C)ccc4=O)c3)o2)c1. The minimum atomic E-state index is -0.211. The van der Waals surface area contributed by atoms with Gasteiger partial charge in [0.05, 0.1) is 24.1 Å². The number of nitrogens with zero attached hydrogens (tertiary/aromatic N) is 3. The smallest absolute Gasteiger partial charge is 0.299 e. The van der Waals surface area contributed by atoms with E-state index in [-0.39, 0.29) is 5.56 Å². The molecule has 0 spiro atoms. The van der Waals surface area contributed by atoms with Crippen molar-refractivity contribution >= 4 is 11.7 Å². The van der Waals surface area contributed by atoms with E-state index in [2.05, 4.69) is 16.4 Å². The Balaban J connectivity index is 1.65. The van der Waals surface area contributed by atoms with Crippen LogP contribution in [-0.2, 0) is 11.3 Å². The molecule has 4 aromatic rings. The molecule has 0 aliphatic heterocycles. The molecule has 33 heavy (non-hydrogen) atoms. The fourth-order valence-corrected chi connectivity index (χ4v) is 3.45. The quantitative estimate of drug-likeness (QED) is 0.421. The number of hydrogen-bond donors (Lipinski definition) is 1. The zero-order chi connectivity index (χ0) is 23.4. The van der Waals surface area contributed by atoms with E-state index in [0.717, 1.165) is 22.4 Å². The Hall–Kier alpha value is -4.15. The van der Waals surface area contributed by atoms with Gasteiger partial charge in [-0.25, -0.2) is 4.98 Å². The molecule has 166 valence electrons. The number of anilines is 2. The van der Waals surface area contributed by atoms with Crippen molar-refractivity contribution < 1.29 is 9.15 Å². The van der Waals surface area contributed by atoms with Crippen LogP contribution in [-0.4, -0.2) is 16.2 Å². The van der Waals surface area contributed by atoms with Gasteiger partial charge in [0.15, 0.2) is 5.76 Å². The molecule has 2 heterocycles. The molecule has 7 heteroatoms. The van der Waals surface area contributed by atoms with Crippen LogP contribution in [0.1, 0.15) is 29.2 Å². The number of hydrogen-bond acceptors (Lipinski definition) is 6. The third-order valence-electron chi connectivity index (χ3n) is 5.24. The molecule has 0 bridgehead atoms. The van der Waals surface area contributed by atoms with Crippen LogP contribution in [0, 0.1) is 25.2 Å². The van der Waals surface area contributed by atoms with Gasteiger partial charge in [-0.1, -0.05) is 18.2 Å². The minimum Gasteiger partial charge on any atom is -0.423 e. The fourth-order valence-electron chi connectivity index (χ4n) is 3.45. The summed E-state index contributed by atoms with van der Waals surface area (Å²) in [6.45, 7) is 7.05. The maximum atomic E-state index is 12.4. The van der Waals surface area contributed by atoms with Crippen molar-refractivity contribution in [1.29, 1.82) is 5.26 Å². The molecular formula is C26H24N4O3.